The maximum atomic E-state index is 12.5. The van der Waals surface area contributed by atoms with Crippen molar-refractivity contribution in [1.29, 1.82) is 0 Å². The third kappa shape index (κ3) is 3.31. The molecule has 1 fully saturated rings. The van der Waals surface area contributed by atoms with E-state index in [0.717, 1.165) is 17.7 Å². The highest BCUT2D eigenvalue weighted by Gasteiger charge is 2.36. The van der Waals surface area contributed by atoms with Crippen LogP contribution < -0.4 is 10.2 Å². The van der Waals surface area contributed by atoms with Gasteiger partial charge in [0.05, 0.1) is 22.4 Å². The molecule has 2 aromatic carbocycles. The van der Waals surface area contributed by atoms with Gasteiger partial charge in [-0.05, 0) is 49.2 Å². The Morgan fingerprint density at radius 1 is 0.963 bits per heavy atom. The van der Waals surface area contributed by atoms with Gasteiger partial charge in [-0.2, -0.15) is 0 Å². The van der Waals surface area contributed by atoms with Crippen LogP contribution in [0.3, 0.4) is 0 Å². The Hall–Kier alpha value is -3.48. The zero-order valence-electron chi connectivity index (χ0n) is 14.3. The lowest BCUT2D eigenvalue weighted by molar-refractivity contribution is -0.124. The van der Waals surface area contributed by atoms with E-state index in [9.17, 15) is 19.2 Å². The highest BCUT2D eigenvalue weighted by molar-refractivity contribution is 6.34. The summed E-state index contributed by atoms with van der Waals surface area (Å²) in [5.41, 5.74) is 1.30. The Balaban J connectivity index is 1.43. The van der Waals surface area contributed by atoms with Crippen molar-refractivity contribution in [2.45, 2.75) is 18.9 Å². The Kier molecular flexibility index (Phi) is 4.19. The fourth-order valence-corrected chi connectivity index (χ4v) is 2.88. The second-order valence-electron chi connectivity index (χ2n) is 6.46. The van der Waals surface area contributed by atoms with Gasteiger partial charge in [-0.1, -0.05) is 12.1 Å². The second-order valence-corrected chi connectivity index (χ2v) is 6.46. The molecular formula is C20H16N2O5. The molecule has 1 heterocycles. The van der Waals surface area contributed by atoms with Crippen LogP contribution in [0.2, 0.25) is 0 Å². The van der Waals surface area contributed by atoms with E-state index in [4.69, 9.17) is 4.74 Å². The van der Waals surface area contributed by atoms with Crippen molar-refractivity contribution in [3.63, 3.8) is 0 Å². The first-order valence-electron chi connectivity index (χ1n) is 8.59. The molecule has 0 bridgehead atoms. The number of carbonyl (C=O) groups excluding carboxylic acids is 4. The van der Waals surface area contributed by atoms with Gasteiger partial charge in [0.1, 0.15) is 0 Å². The van der Waals surface area contributed by atoms with Gasteiger partial charge in [0.2, 0.25) is 0 Å². The molecule has 1 saturated carbocycles. The molecule has 27 heavy (non-hydrogen) atoms. The molecule has 4 rings (SSSR count). The summed E-state index contributed by atoms with van der Waals surface area (Å²) in [7, 11) is 0. The number of carbonyl (C=O) groups is 4. The van der Waals surface area contributed by atoms with Crippen LogP contribution in [0.15, 0.2) is 48.5 Å². The van der Waals surface area contributed by atoms with Crippen LogP contribution in [0.4, 0.5) is 5.69 Å². The molecule has 3 amide bonds. The van der Waals surface area contributed by atoms with Crippen molar-refractivity contribution < 1.29 is 23.9 Å². The monoisotopic (exact) mass is 364 g/mol. The number of imide groups is 1. The fourth-order valence-electron chi connectivity index (χ4n) is 2.88. The average Bonchev–Trinajstić information content (AvgIpc) is 3.46. The molecule has 2 aliphatic rings. The first-order chi connectivity index (χ1) is 13.0. The van der Waals surface area contributed by atoms with Crippen LogP contribution in [-0.4, -0.2) is 36.3 Å². The number of fused-ring (bicyclic) bond motifs is 1. The van der Waals surface area contributed by atoms with Gasteiger partial charge in [0.25, 0.3) is 17.7 Å². The van der Waals surface area contributed by atoms with Gasteiger partial charge < -0.3 is 10.1 Å². The van der Waals surface area contributed by atoms with Crippen molar-refractivity contribution in [3.8, 4) is 0 Å². The van der Waals surface area contributed by atoms with Crippen LogP contribution in [0, 0.1) is 0 Å². The van der Waals surface area contributed by atoms with Crippen LogP contribution >= 0.6 is 0 Å². The van der Waals surface area contributed by atoms with E-state index in [1.165, 1.54) is 24.3 Å². The van der Waals surface area contributed by atoms with Crippen molar-refractivity contribution in [2.24, 2.45) is 0 Å². The van der Waals surface area contributed by atoms with E-state index >= 15 is 0 Å². The van der Waals surface area contributed by atoms with Crippen molar-refractivity contribution in [2.75, 3.05) is 11.5 Å². The van der Waals surface area contributed by atoms with E-state index < -0.39 is 17.8 Å². The highest BCUT2D eigenvalue weighted by Crippen LogP contribution is 2.28. The number of benzene rings is 2. The van der Waals surface area contributed by atoms with Gasteiger partial charge in [-0.3, -0.25) is 14.4 Å². The van der Waals surface area contributed by atoms with Crippen LogP contribution in [0.5, 0.6) is 0 Å². The molecule has 1 aliphatic carbocycles. The molecule has 136 valence electrons. The molecule has 7 heteroatoms. The number of nitrogens with zero attached hydrogens (tertiary/aromatic N) is 1. The van der Waals surface area contributed by atoms with E-state index in [1.807, 2.05) is 0 Å². The topological polar surface area (TPSA) is 92.8 Å². The summed E-state index contributed by atoms with van der Waals surface area (Å²) in [6.07, 6.45) is 1.91. The molecule has 0 radical (unpaired) electrons. The number of rotatable bonds is 5. The van der Waals surface area contributed by atoms with Gasteiger partial charge in [0.15, 0.2) is 6.61 Å². The van der Waals surface area contributed by atoms with Crippen molar-refractivity contribution >= 4 is 29.4 Å². The average molecular weight is 364 g/mol. The Bertz CT molecular complexity index is 912. The molecule has 0 spiro atoms. The normalized spacial score (nSPS) is 15.5. The number of hydrogen-bond acceptors (Lipinski definition) is 5. The second kappa shape index (κ2) is 6.68. The minimum Gasteiger partial charge on any atom is -0.452 e. The summed E-state index contributed by atoms with van der Waals surface area (Å²) >= 11 is 0. The summed E-state index contributed by atoms with van der Waals surface area (Å²) in [5, 5.41) is 2.73. The maximum absolute atomic E-state index is 12.5. The Labute approximate surface area is 154 Å². The number of hydrogen-bond donors (Lipinski definition) is 1. The number of esters is 1. The molecular weight excluding hydrogens is 348 g/mol. The lowest BCUT2D eigenvalue weighted by Gasteiger charge is -2.14. The molecule has 0 unspecified atom stereocenters. The third-order valence-corrected chi connectivity index (χ3v) is 4.43. The summed E-state index contributed by atoms with van der Waals surface area (Å²) in [5.74, 6) is -1.77. The predicted octanol–water partition coefficient (Wildman–Crippen LogP) is 1.92. The molecule has 1 N–H and O–H groups in total. The van der Waals surface area contributed by atoms with Gasteiger partial charge in [-0.15, -0.1) is 0 Å². The highest BCUT2D eigenvalue weighted by atomic mass is 16.5. The minimum atomic E-state index is -0.644. The van der Waals surface area contributed by atoms with Crippen molar-refractivity contribution in [3.05, 3.63) is 65.2 Å². The fraction of sp³-hybridized carbons (Fsp3) is 0.200. The van der Waals surface area contributed by atoms with E-state index in [-0.39, 0.29) is 24.1 Å². The largest absolute Gasteiger partial charge is 0.452 e. The van der Waals surface area contributed by atoms with Gasteiger partial charge in [0, 0.05) is 6.04 Å². The van der Waals surface area contributed by atoms with Crippen LogP contribution in [0.1, 0.15) is 43.9 Å². The molecule has 0 aromatic heterocycles. The molecule has 0 atom stereocenters. The zero-order chi connectivity index (χ0) is 19.0. The van der Waals surface area contributed by atoms with Crippen LogP contribution in [0.25, 0.3) is 0 Å². The zero-order valence-corrected chi connectivity index (χ0v) is 14.3. The number of anilines is 1. The Morgan fingerprint density at radius 3 is 2.11 bits per heavy atom. The van der Waals surface area contributed by atoms with E-state index in [2.05, 4.69) is 5.32 Å². The Morgan fingerprint density at radius 2 is 1.56 bits per heavy atom. The quantitative estimate of drug-likeness (QED) is 0.646. The summed E-state index contributed by atoms with van der Waals surface area (Å²) in [6.45, 7) is -0.338. The smallest absolute Gasteiger partial charge is 0.338 e. The number of ether oxygens (including phenoxy) is 1. The van der Waals surface area contributed by atoms with Crippen molar-refractivity contribution in [1.82, 2.24) is 5.32 Å². The summed E-state index contributed by atoms with van der Waals surface area (Å²) < 4.78 is 4.98. The molecule has 2 aromatic rings. The number of amides is 3. The predicted molar refractivity (Wildman–Crippen MR) is 95.5 cm³/mol. The molecule has 1 aliphatic heterocycles. The number of nitrogens with one attached hydrogen (secondary N) is 1. The summed E-state index contributed by atoms with van der Waals surface area (Å²) in [4.78, 5) is 49.6. The third-order valence-electron chi connectivity index (χ3n) is 4.43. The van der Waals surface area contributed by atoms with Gasteiger partial charge >= 0.3 is 5.97 Å². The maximum Gasteiger partial charge on any atom is 0.338 e. The SMILES string of the molecule is O=C(COC(=O)c1ccc(N2C(=O)c3ccccc3C2=O)cc1)NC1CC1. The minimum absolute atomic E-state index is 0.204. The van der Waals surface area contributed by atoms with E-state index in [0.29, 0.717) is 16.8 Å². The van der Waals surface area contributed by atoms with Gasteiger partial charge in [-0.25, -0.2) is 9.69 Å². The molecule has 7 nitrogen and oxygen atoms in total. The lowest BCUT2D eigenvalue weighted by Crippen LogP contribution is -2.30. The lowest BCUT2D eigenvalue weighted by atomic mass is 10.1. The molecule has 0 saturated heterocycles. The first kappa shape index (κ1) is 17.0. The standard InChI is InChI=1S/C20H16N2O5/c23-17(21-13-7-8-13)11-27-20(26)12-5-9-14(10-6-12)22-18(24)15-3-1-2-4-16(15)19(22)25/h1-6,9-10,13H,7-8,11H2,(H,21,23). The summed E-state index contributed by atoms with van der Waals surface area (Å²) in [6, 6.07) is 12.7. The van der Waals surface area contributed by atoms with E-state index in [1.54, 1.807) is 24.3 Å². The first-order valence-corrected chi connectivity index (χ1v) is 8.59. The van der Waals surface area contributed by atoms with Crippen LogP contribution in [-0.2, 0) is 9.53 Å².